The minimum atomic E-state index is -0.705. The summed E-state index contributed by atoms with van der Waals surface area (Å²) in [7, 11) is 0. The second kappa shape index (κ2) is 3.36. The number of esters is 2. The highest BCUT2D eigenvalue weighted by Gasteiger charge is 2.38. The zero-order valence-electron chi connectivity index (χ0n) is 9.30. The van der Waals surface area contributed by atoms with Crippen LogP contribution in [0.5, 0.6) is 0 Å². The number of tetrazole rings is 1. The molecule has 1 aromatic rings. The Balaban J connectivity index is 2.26. The summed E-state index contributed by atoms with van der Waals surface area (Å²) in [5, 5.41) is 11.7. The van der Waals surface area contributed by atoms with Gasteiger partial charge in [0.05, 0.1) is 12.0 Å². The van der Waals surface area contributed by atoms with Gasteiger partial charge in [-0.25, -0.2) is 0 Å². The number of hydrogen-bond acceptors (Lipinski definition) is 6. The predicted octanol–water partition coefficient (Wildman–Crippen LogP) is -0.0148. The lowest BCUT2D eigenvalue weighted by atomic mass is 10.1. The van der Waals surface area contributed by atoms with Crippen LogP contribution in [0.1, 0.15) is 38.9 Å². The van der Waals surface area contributed by atoms with E-state index in [1.54, 1.807) is 0 Å². The fourth-order valence-corrected chi connectivity index (χ4v) is 1.32. The Morgan fingerprint density at radius 1 is 1.38 bits per heavy atom. The Morgan fingerprint density at radius 3 is 2.50 bits per heavy atom. The molecule has 7 heteroatoms. The Kier molecular flexibility index (Phi) is 2.25. The Hall–Kier alpha value is -1.79. The summed E-state index contributed by atoms with van der Waals surface area (Å²) in [4.78, 5) is 23.6. The lowest BCUT2D eigenvalue weighted by molar-refractivity contribution is -0.152. The Labute approximate surface area is 91.8 Å². The maximum absolute atomic E-state index is 11.3. The molecular formula is C9H12N4O3. The molecule has 1 fully saturated rings. The average molecular weight is 224 g/mol. The topological polar surface area (TPSA) is 87.0 Å². The van der Waals surface area contributed by atoms with Crippen LogP contribution in [0.2, 0.25) is 0 Å². The van der Waals surface area contributed by atoms with Crippen LogP contribution in [0.3, 0.4) is 0 Å². The molecular weight excluding hydrogens is 212 g/mol. The third kappa shape index (κ3) is 1.80. The lowest BCUT2D eigenvalue weighted by Gasteiger charge is -2.15. The molecule has 0 aromatic carbocycles. The largest absolute Gasteiger partial charge is 0.393 e. The number of rotatable bonds is 1. The summed E-state index contributed by atoms with van der Waals surface area (Å²) < 4.78 is 4.43. The first-order valence-electron chi connectivity index (χ1n) is 4.93. The number of carbonyl (C=O) groups excluding carboxylic acids is 2. The van der Waals surface area contributed by atoms with Crippen molar-refractivity contribution >= 4 is 11.9 Å². The number of carbonyl (C=O) groups is 2. The smallest absolute Gasteiger partial charge is 0.325 e. The molecule has 1 aliphatic heterocycles. The molecule has 2 heterocycles. The van der Waals surface area contributed by atoms with E-state index >= 15 is 0 Å². The summed E-state index contributed by atoms with van der Waals surface area (Å²) in [6, 6.07) is 0. The number of ether oxygens (including phenoxy) is 1. The van der Waals surface area contributed by atoms with E-state index in [-0.39, 0.29) is 17.8 Å². The number of aromatic nitrogens is 4. The quantitative estimate of drug-likeness (QED) is 0.492. The molecule has 1 unspecified atom stereocenters. The molecule has 86 valence electrons. The van der Waals surface area contributed by atoms with Crippen molar-refractivity contribution in [3.05, 3.63) is 5.82 Å². The van der Waals surface area contributed by atoms with Crippen molar-refractivity contribution in [1.29, 1.82) is 0 Å². The molecule has 1 atom stereocenters. The van der Waals surface area contributed by atoms with Crippen molar-refractivity contribution in [3.8, 4) is 0 Å². The first-order valence-corrected chi connectivity index (χ1v) is 4.93. The predicted molar refractivity (Wildman–Crippen MR) is 51.3 cm³/mol. The number of hydrogen-bond donors (Lipinski definition) is 0. The number of cyclic esters (lactones) is 2. The van der Waals surface area contributed by atoms with Gasteiger partial charge >= 0.3 is 11.9 Å². The van der Waals surface area contributed by atoms with Gasteiger partial charge < -0.3 is 4.74 Å². The van der Waals surface area contributed by atoms with Crippen LogP contribution in [-0.2, 0) is 19.9 Å². The zero-order chi connectivity index (χ0) is 11.9. The highest BCUT2D eigenvalue weighted by atomic mass is 16.6. The molecule has 0 N–H and O–H groups in total. The second-order valence-corrected chi connectivity index (χ2v) is 4.66. The molecule has 0 bridgehead atoms. The molecule has 2 rings (SSSR count). The minimum absolute atomic E-state index is 0.00529. The van der Waals surface area contributed by atoms with Crippen LogP contribution in [-0.4, -0.2) is 32.1 Å². The van der Waals surface area contributed by atoms with Crippen LogP contribution in [0.4, 0.5) is 0 Å². The molecule has 0 amide bonds. The van der Waals surface area contributed by atoms with Gasteiger partial charge in [0.15, 0.2) is 5.82 Å². The van der Waals surface area contributed by atoms with Crippen LogP contribution >= 0.6 is 0 Å². The first-order chi connectivity index (χ1) is 7.38. The molecule has 1 aromatic heterocycles. The second-order valence-electron chi connectivity index (χ2n) is 4.66. The van der Waals surface area contributed by atoms with Gasteiger partial charge in [0.2, 0.25) is 0 Å². The fraction of sp³-hybridized carbons (Fsp3) is 0.667. The highest BCUT2D eigenvalue weighted by molar-refractivity contribution is 5.97. The first kappa shape index (κ1) is 10.7. The van der Waals surface area contributed by atoms with Crippen molar-refractivity contribution in [2.24, 2.45) is 0 Å². The van der Waals surface area contributed by atoms with Crippen LogP contribution < -0.4 is 0 Å². The van der Waals surface area contributed by atoms with Gasteiger partial charge in [-0.15, -0.1) is 10.2 Å². The normalized spacial score (nSPS) is 21.3. The molecule has 0 saturated carbocycles. The third-order valence-corrected chi connectivity index (χ3v) is 2.21. The van der Waals surface area contributed by atoms with Crippen LogP contribution in [0.25, 0.3) is 0 Å². The molecule has 0 radical (unpaired) electrons. The van der Waals surface area contributed by atoms with Gasteiger partial charge in [-0.1, -0.05) is 0 Å². The van der Waals surface area contributed by atoms with E-state index in [0.717, 1.165) is 0 Å². The summed E-state index contributed by atoms with van der Waals surface area (Å²) in [5.74, 6) is -1.60. The monoisotopic (exact) mass is 224 g/mol. The van der Waals surface area contributed by atoms with Gasteiger partial charge in [-0.3, -0.25) is 9.59 Å². The molecule has 0 aliphatic carbocycles. The van der Waals surface area contributed by atoms with Crippen molar-refractivity contribution in [2.75, 3.05) is 0 Å². The zero-order valence-corrected chi connectivity index (χ0v) is 9.30. The third-order valence-electron chi connectivity index (χ3n) is 2.21. The summed E-state index contributed by atoms with van der Waals surface area (Å²) in [5.41, 5.74) is -0.308. The van der Waals surface area contributed by atoms with E-state index in [1.165, 1.54) is 4.80 Å². The van der Waals surface area contributed by atoms with Gasteiger partial charge in [-0.2, -0.15) is 4.80 Å². The van der Waals surface area contributed by atoms with E-state index in [4.69, 9.17) is 0 Å². The highest BCUT2D eigenvalue weighted by Crippen LogP contribution is 2.24. The minimum Gasteiger partial charge on any atom is -0.393 e. The lowest BCUT2D eigenvalue weighted by Crippen LogP contribution is -2.25. The van der Waals surface area contributed by atoms with Gasteiger partial charge in [0.1, 0.15) is 5.92 Å². The summed E-state index contributed by atoms with van der Waals surface area (Å²) in [6.07, 6.45) is -0.00529. The van der Waals surface area contributed by atoms with Crippen molar-refractivity contribution in [2.45, 2.75) is 38.6 Å². The summed E-state index contributed by atoms with van der Waals surface area (Å²) in [6.45, 7) is 5.74. The van der Waals surface area contributed by atoms with Gasteiger partial charge in [0, 0.05) is 0 Å². The molecule has 0 spiro atoms. The Morgan fingerprint density at radius 2 is 2.06 bits per heavy atom. The Bertz CT molecular complexity index is 446. The average Bonchev–Trinajstić information content (AvgIpc) is 2.70. The van der Waals surface area contributed by atoms with E-state index in [2.05, 4.69) is 20.1 Å². The van der Waals surface area contributed by atoms with Crippen LogP contribution in [0, 0.1) is 0 Å². The molecule has 16 heavy (non-hydrogen) atoms. The molecule has 1 aliphatic rings. The van der Waals surface area contributed by atoms with E-state index in [1.807, 2.05) is 20.8 Å². The van der Waals surface area contributed by atoms with Gasteiger partial charge in [-0.05, 0) is 26.0 Å². The standard InChI is InChI=1S/C9H12N4O3/c1-9(2,3)13-11-7(10-12-13)5-4-6(14)16-8(5)15/h5H,4H2,1-3H3. The van der Waals surface area contributed by atoms with Crippen molar-refractivity contribution < 1.29 is 14.3 Å². The van der Waals surface area contributed by atoms with E-state index < -0.39 is 17.9 Å². The SMILES string of the molecule is CC(C)(C)n1nnc(C2CC(=O)OC2=O)n1. The van der Waals surface area contributed by atoms with Crippen molar-refractivity contribution in [3.63, 3.8) is 0 Å². The van der Waals surface area contributed by atoms with Gasteiger partial charge in [0.25, 0.3) is 0 Å². The number of nitrogens with zero attached hydrogens (tertiary/aromatic N) is 4. The maximum atomic E-state index is 11.3. The van der Waals surface area contributed by atoms with Crippen molar-refractivity contribution in [1.82, 2.24) is 20.2 Å². The van der Waals surface area contributed by atoms with Crippen LogP contribution in [0.15, 0.2) is 0 Å². The summed E-state index contributed by atoms with van der Waals surface area (Å²) >= 11 is 0. The fourth-order valence-electron chi connectivity index (χ4n) is 1.32. The maximum Gasteiger partial charge on any atom is 0.325 e. The van der Waals surface area contributed by atoms with E-state index in [9.17, 15) is 9.59 Å². The van der Waals surface area contributed by atoms with E-state index in [0.29, 0.717) is 0 Å². The molecule has 1 saturated heterocycles. The molecule has 7 nitrogen and oxygen atoms in total.